The standard InChI is InChI=1S/C42H83N2/c1-4-7-10-12-14-16-18-20-21-22-23-25-27-29-31-33-36-39-44-41-40-43(38-35-9-6-3)42(44)37-34-32-30-28-26-24-19-17-15-13-11-8-5-2/h40-41H,4-39H2,1-3H3/q+1. The molecule has 0 saturated heterocycles. The molecule has 0 spiro atoms. The number of aromatic nitrogens is 2. The number of nitrogens with zero attached hydrogens (tertiary/aromatic N) is 2. The van der Waals surface area contributed by atoms with E-state index >= 15 is 0 Å². The average Bonchev–Trinajstić information content (AvgIpc) is 3.42. The van der Waals surface area contributed by atoms with Crippen LogP contribution in [0, 0.1) is 0 Å². The number of hydrogen-bond acceptors (Lipinski definition) is 0. The molecule has 44 heavy (non-hydrogen) atoms. The number of rotatable bonds is 36. The van der Waals surface area contributed by atoms with Crippen LogP contribution in [0.15, 0.2) is 12.4 Å². The smallest absolute Gasteiger partial charge is 0.234 e. The van der Waals surface area contributed by atoms with Gasteiger partial charge in [0.15, 0.2) is 0 Å². The average molecular weight is 616 g/mol. The van der Waals surface area contributed by atoms with Crippen LogP contribution in [0.4, 0.5) is 0 Å². The van der Waals surface area contributed by atoms with Crippen LogP contribution in [0.5, 0.6) is 0 Å². The van der Waals surface area contributed by atoms with Crippen molar-refractivity contribution >= 4 is 0 Å². The SMILES string of the molecule is CCCCCCCCCCCCCCCCCCCn1cc[n+](CCCCC)c1CCCCCCCCCCCCCCC. The molecular weight excluding hydrogens is 532 g/mol. The monoisotopic (exact) mass is 616 g/mol. The molecule has 0 atom stereocenters. The predicted molar refractivity (Wildman–Crippen MR) is 198 cm³/mol. The Hall–Kier alpha value is -0.790. The Morgan fingerprint density at radius 3 is 1.09 bits per heavy atom. The third kappa shape index (κ3) is 25.4. The summed E-state index contributed by atoms with van der Waals surface area (Å²) in [5.41, 5.74) is 0. The predicted octanol–water partition coefficient (Wildman–Crippen LogP) is 14.3. The van der Waals surface area contributed by atoms with E-state index in [0.29, 0.717) is 0 Å². The maximum atomic E-state index is 2.62. The molecule has 0 radical (unpaired) electrons. The van der Waals surface area contributed by atoms with Gasteiger partial charge in [-0.1, -0.05) is 201 Å². The van der Waals surface area contributed by atoms with Gasteiger partial charge < -0.3 is 0 Å². The molecule has 1 heterocycles. The minimum atomic E-state index is 1.22. The second-order valence-electron chi connectivity index (χ2n) is 14.5. The largest absolute Gasteiger partial charge is 0.256 e. The molecule has 260 valence electrons. The first kappa shape index (κ1) is 41.2. The molecule has 0 fully saturated rings. The Kier molecular flexibility index (Phi) is 31.5. The van der Waals surface area contributed by atoms with E-state index in [1.54, 1.807) is 5.82 Å². The first-order valence-electron chi connectivity index (χ1n) is 20.9. The van der Waals surface area contributed by atoms with Crippen LogP contribution >= 0.6 is 0 Å². The third-order valence-corrected chi connectivity index (χ3v) is 10.1. The van der Waals surface area contributed by atoms with Crippen LogP contribution in [0.3, 0.4) is 0 Å². The van der Waals surface area contributed by atoms with E-state index in [2.05, 4.69) is 42.3 Å². The fraction of sp³-hybridized carbons (Fsp3) is 0.929. The summed E-state index contributed by atoms with van der Waals surface area (Å²) < 4.78 is 5.22. The highest BCUT2D eigenvalue weighted by Gasteiger charge is 2.16. The van der Waals surface area contributed by atoms with Crippen LogP contribution in [-0.4, -0.2) is 4.57 Å². The summed E-state index contributed by atoms with van der Waals surface area (Å²) in [6, 6.07) is 0. The van der Waals surface area contributed by atoms with E-state index in [1.165, 1.54) is 231 Å². The van der Waals surface area contributed by atoms with E-state index in [0.717, 1.165) is 0 Å². The van der Waals surface area contributed by atoms with Crippen molar-refractivity contribution in [1.29, 1.82) is 0 Å². The highest BCUT2D eigenvalue weighted by Crippen LogP contribution is 2.16. The molecular formula is C42H83N2+. The van der Waals surface area contributed by atoms with Crippen LogP contribution in [-0.2, 0) is 19.5 Å². The van der Waals surface area contributed by atoms with Crippen LogP contribution < -0.4 is 4.57 Å². The molecule has 0 aliphatic heterocycles. The first-order chi connectivity index (χ1) is 21.8. The van der Waals surface area contributed by atoms with E-state index in [-0.39, 0.29) is 0 Å². The van der Waals surface area contributed by atoms with Gasteiger partial charge in [-0.15, -0.1) is 0 Å². The number of hydrogen-bond donors (Lipinski definition) is 0. The van der Waals surface area contributed by atoms with Crippen molar-refractivity contribution in [3.8, 4) is 0 Å². The molecule has 1 aromatic rings. The van der Waals surface area contributed by atoms with Crippen molar-refractivity contribution in [1.82, 2.24) is 4.57 Å². The van der Waals surface area contributed by atoms with Crippen molar-refractivity contribution in [3.63, 3.8) is 0 Å². The Bertz CT molecular complexity index is 677. The van der Waals surface area contributed by atoms with Crippen molar-refractivity contribution in [2.75, 3.05) is 0 Å². The van der Waals surface area contributed by atoms with Crippen LogP contribution in [0.1, 0.15) is 238 Å². The molecule has 0 bridgehead atoms. The lowest BCUT2D eigenvalue weighted by molar-refractivity contribution is -0.704. The minimum Gasteiger partial charge on any atom is -0.234 e. The van der Waals surface area contributed by atoms with Crippen LogP contribution in [0.2, 0.25) is 0 Å². The van der Waals surface area contributed by atoms with E-state index in [4.69, 9.17) is 0 Å². The van der Waals surface area contributed by atoms with Gasteiger partial charge in [-0.3, -0.25) is 0 Å². The highest BCUT2D eigenvalue weighted by atomic mass is 15.1. The zero-order chi connectivity index (χ0) is 31.6. The Morgan fingerprint density at radius 2 is 0.705 bits per heavy atom. The van der Waals surface area contributed by atoms with Gasteiger partial charge in [0.25, 0.3) is 5.82 Å². The van der Waals surface area contributed by atoms with E-state index in [9.17, 15) is 0 Å². The lowest BCUT2D eigenvalue weighted by Gasteiger charge is -2.07. The van der Waals surface area contributed by atoms with Crippen molar-refractivity contribution in [2.45, 2.75) is 252 Å². The second kappa shape index (κ2) is 33.6. The Balaban J connectivity index is 2.09. The molecule has 0 aromatic carbocycles. The number of imidazole rings is 1. The molecule has 1 aromatic heterocycles. The Morgan fingerprint density at radius 1 is 0.386 bits per heavy atom. The summed E-state index contributed by atoms with van der Waals surface area (Å²) in [6.45, 7) is 9.39. The summed E-state index contributed by atoms with van der Waals surface area (Å²) in [4.78, 5) is 0. The fourth-order valence-electron chi connectivity index (χ4n) is 7.03. The molecule has 0 aliphatic rings. The van der Waals surface area contributed by atoms with Crippen molar-refractivity contribution in [2.24, 2.45) is 0 Å². The molecule has 0 N–H and O–H groups in total. The van der Waals surface area contributed by atoms with Gasteiger partial charge in [0, 0.05) is 6.42 Å². The topological polar surface area (TPSA) is 8.81 Å². The third-order valence-electron chi connectivity index (χ3n) is 10.1. The van der Waals surface area contributed by atoms with Crippen molar-refractivity contribution < 1.29 is 4.57 Å². The molecule has 2 nitrogen and oxygen atoms in total. The van der Waals surface area contributed by atoms with Gasteiger partial charge in [0.2, 0.25) is 0 Å². The molecule has 1 rings (SSSR count). The van der Waals surface area contributed by atoms with Gasteiger partial charge in [-0.25, -0.2) is 9.13 Å². The quantitative estimate of drug-likeness (QED) is 0.0524. The summed E-state index contributed by atoms with van der Waals surface area (Å²) in [5, 5.41) is 0. The summed E-state index contributed by atoms with van der Waals surface area (Å²) in [6.07, 6.45) is 53.4. The van der Waals surface area contributed by atoms with Gasteiger partial charge in [0.1, 0.15) is 12.4 Å². The van der Waals surface area contributed by atoms with E-state index in [1.807, 2.05) is 0 Å². The maximum Gasteiger partial charge on any atom is 0.256 e. The summed E-state index contributed by atoms with van der Waals surface area (Å²) >= 11 is 0. The highest BCUT2D eigenvalue weighted by molar-refractivity contribution is 4.84. The minimum absolute atomic E-state index is 1.22. The summed E-state index contributed by atoms with van der Waals surface area (Å²) in [5.74, 6) is 1.61. The molecule has 0 unspecified atom stereocenters. The second-order valence-corrected chi connectivity index (χ2v) is 14.5. The first-order valence-corrected chi connectivity index (χ1v) is 20.9. The van der Waals surface area contributed by atoms with Crippen molar-refractivity contribution in [3.05, 3.63) is 18.2 Å². The van der Waals surface area contributed by atoms with Gasteiger partial charge in [0.05, 0.1) is 13.1 Å². The molecule has 0 aliphatic carbocycles. The maximum absolute atomic E-state index is 2.62. The molecule has 2 heteroatoms. The number of unbranched alkanes of at least 4 members (excludes halogenated alkanes) is 30. The molecule has 0 saturated carbocycles. The zero-order valence-electron chi connectivity index (χ0n) is 31.0. The van der Waals surface area contributed by atoms with E-state index < -0.39 is 0 Å². The fourth-order valence-corrected chi connectivity index (χ4v) is 7.03. The Labute approximate surface area is 279 Å². The number of aryl methyl sites for hydroxylation is 2. The molecule has 0 amide bonds. The van der Waals surface area contributed by atoms with Gasteiger partial charge >= 0.3 is 0 Å². The van der Waals surface area contributed by atoms with Crippen LogP contribution in [0.25, 0.3) is 0 Å². The normalized spacial score (nSPS) is 11.6. The zero-order valence-corrected chi connectivity index (χ0v) is 31.0. The summed E-state index contributed by atoms with van der Waals surface area (Å²) in [7, 11) is 0. The van der Waals surface area contributed by atoms with Gasteiger partial charge in [-0.2, -0.15) is 0 Å². The lowest BCUT2D eigenvalue weighted by atomic mass is 10.0. The van der Waals surface area contributed by atoms with Gasteiger partial charge in [-0.05, 0) is 32.1 Å². The lowest BCUT2D eigenvalue weighted by Crippen LogP contribution is -2.37.